The number of sulfonamides is 1. The van der Waals surface area contributed by atoms with Crippen molar-refractivity contribution in [3.8, 4) is 0 Å². The lowest BCUT2D eigenvalue weighted by atomic mass is 9.82. The van der Waals surface area contributed by atoms with E-state index in [4.69, 9.17) is 9.47 Å². The summed E-state index contributed by atoms with van der Waals surface area (Å²) in [4.78, 5) is 1.67. The van der Waals surface area contributed by atoms with E-state index in [0.29, 0.717) is 45.8 Å². The van der Waals surface area contributed by atoms with Gasteiger partial charge in [0.1, 0.15) is 0 Å². The highest BCUT2D eigenvalue weighted by atomic mass is 79.9. The summed E-state index contributed by atoms with van der Waals surface area (Å²) in [6.07, 6.45) is 4.31. The van der Waals surface area contributed by atoms with Gasteiger partial charge in [0.2, 0.25) is 10.0 Å². The average Bonchev–Trinajstić information content (AvgIpc) is 2.74. The Labute approximate surface area is 194 Å². The first-order valence-corrected chi connectivity index (χ1v) is 12.9. The zero-order chi connectivity index (χ0) is 22.4. The summed E-state index contributed by atoms with van der Waals surface area (Å²) in [6.45, 7) is 2.15. The number of ether oxygens (including phenoxy) is 2. The highest BCUT2D eigenvalue weighted by Gasteiger charge is 2.30. The zero-order valence-electron chi connectivity index (χ0n) is 17.8. The molecule has 31 heavy (non-hydrogen) atoms. The first kappa shape index (κ1) is 25.5. The monoisotopic (exact) mass is 507 g/mol. The Bertz CT molecular complexity index is 881. The minimum atomic E-state index is -3.27. The van der Waals surface area contributed by atoms with Gasteiger partial charge >= 0.3 is 0 Å². The summed E-state index contributed by atoms with van der Waals surface area (Å²) < 4.78 is 37.9. The van der Waals surface area contributed by atoms with Gasteiger partial charge in [0, 0.05) is 16.9 Å². The van der Waals surface area contributed by atoms with E-state index in [1.165, 1.54) is 6.26 Å². The predicted molar refractivity (Wildman–Crippen MR) is 128 cm³/mol. The quantitative estimate of drug-likeness (QED) is 0.373. The van der Waals surface area contributed by atoms with Crippen LogP contribution in [0.1, 0.15) is 24.0 Å². The van der Waals surface area contributed by atoms with E-state index < -0.39 is 15.4 Å². The number of hydrogen-bond donors (Lipinski definition) is 1. The van der Waals surface area contributed by atoms with Crippen LogP contribution in [0, 0.1) is 5.41 Å². The molecule has 0 saturated carbocycles. The topological polar surface area (TPSA) is 64.6 Å². The summed E-state index contributed by atoms with van der Waals surface area (Å²) in [7, 11) is -3.27. The molecular weight excluding hydrogens is 478 g/mol. The Balaban J connectivity index is 2.09. The van der Waals surface area contributed by atoms with Crippen LogP contribution in [-0.4, -0.2) is 34.4 Å². The maximum Gasteiger partial charge on any atom is 0.208 e. The Morgan fingerprint density at radius 1 is 0.968 bits per heavy atom. The second-order valence-corrected chi connectivity index (χ2v) is 9.85. The molecule has 0 atom stereocenters. The summed E-state index contributed by atoms with van der Waals surface area (Å²) in [6, 6.07) is 19.9. The highest BCUT2D eigenvalue weighted by molar-refractivity contribution is 9.11. The van der Waals surface area contributed by atoms with Gasteiger partial charge in [-0.05, 0) is 30.0 Å². The summed E-state index contributed by atoms with van der Waals surface area (Å²) >= 11 is 3.24. The molecule has 7 heteroatoms. The van der Waals surface area contributed by atoms with Crippen LogP contribution in [0.2, 0.25) is 0 Å². The maximum atomic E-state index is 11.6. The van der Waals surface area contributed by atoms with Crippen LogP contribution in [0.15, 0.2) is 77.5 Å². The lowest BCUT2D eigenvalue weighted by Crippen LogP contribution is -2.36. The third-order valence-corrected chi connectivity index (χ3v) is 5.77. The molecular formula is C24H30BrNO4S. The van der Waals surface area contributed by atoms with E-state index >= 15 is 0 Å². The van der Waals surface area contributed by atoms with E-state index in [0.717, 1.165) is 11.1 Å². The number of rotatable bonds is 14. The largest absolute Gasteiger partial charge is 0.376 e. The maximum absolute atomic E-state index is 11.6. The molecule has 0 heterocycles. The first-order valence-electron chi connectivity index (χ1n) is 10.1. The molecule has 0 aliphatic carbocycles. The molecule has 0 bridgehead atoms. The van der Waals surface area contributed by atoms with Crippen molar-refractivity contribution >= 4 is 26.0 Å². The number of allylic oxidation sites excluding steroid dienone is 1. The molecule has 0 aromatic heterocycles. The van der Waals surface area contributed by atoms with Crippen molar-refractivity contribution in [2.24, 2.45) is 5.41 Å². The van der Waals surface area contributed by atoms with Gasteiger partial charge in [0.05, 0.1) is 32.7 Å². The Kier molecular flexibility index (Phi) is 11.2. The molecule has 0 radical (unpaired) electrons. The molecule has 2 rings (SSSR count). The first-order chi connectivity index (χ1) is 14.9. The standard InChI is InChI=1S/C24H30BrNO4S/c1-31(27,28)26-17-15-24(14-8-9-16-25,20-29-18-22-10-4-2-5-11-22)21-30-19-23-12-6-3-7-13-23/h2-8,10-13,16,26H,14-15,17-21H2,1H3. The van der Waals surface area contributed by atoms with Gasteiger partial charge in [-0.3, -0.25) is 0 Å². The van der Waals surface area contributed by atoms with Gasteiger partial charge in [0.25, 0.3) is 0 Å². The van der Waals surface area contributed by atoms with Crippen molar-refractivity contribution < 1.29 is 17.9 Å². The fourth-order valence-corrected chi connectivity index (χ4v) is 3.81. The minimum absolute atomic E-state index is 0.314. The summed E-state index contributed by atoms with van der Waals surface area (Å²) in [5, 5.41) is 0. The molecule has 2 aromatic rings. The molecule has 2 aromatic carbocycles. The van der Waals surface area contributed by atoms with E-state index in [1.807, 2.05) is 66.7 Å². The fraction of sp³-hybridized carbons (Fsp3) is 0.375. The normalized spacial score (nSPS) is 11.7. The van der Waals surface area contributed by atoms with E-state index in [1.54, 1.807) is 4.99 Å². The van der Waals surface area contributed by atoms with E-state index in [2.05, 4.69) is 26.4 Å². The minimum Gasteiger partial charge on any atom is -0.376 e. The van der Waals surface area contributed by atoms with Crippen LogP contribution in [0.25, 0.3) is 0 Å². The molecule has 5 nitrogen and oxygen atoms in total. The molecule has 0 saturated heterocycles. The molecule has 0 amide bonds. The van der Waals surface area contributed by atoms with Gasteiger partial charge < -0.3 is 9.47 Å². The SMILES string of the molecule is CS(=O)(=O)NCCC(CC=C=CBr)(COCc1ccccc1)COCc1ccccc1. The lowest BCUT2D eigenvalue weighted by Gasteiger charge is -2.32. The number of hydrogen-bond acceptors (Lipinski definition) is 4. The van der Waals surface area contributed by atoms with Gasteiger partial charge in [-0.25, -0.2) is 13.1 Å². The van der Waals surface area contributed by atoms with Crippen LogP contribution in [-0.2, 0) is 32.7 Å². The molecule has 0 spiro atoms. The molecule has 0 aliphatic heterocycles. The molecule has 0 fully saturated rings. The van der Waals surface area contributed by atoms with Crippen LogP contribution >= 0.6 is 15.9 Å². The van der Waals surface area contributed by atoms with E-state index in [9.17, 15) is 8.42 Å². The number of nitrogens with one attached hydrogen (secondary N) is 1. The van der Waals surface area contributed by atoms with Crippen LogP contribution < -0.4 is 4.72 Å². The predicted octanol–water partition coefficient (Wildman–Crippen LogP) is 4.80. The van der Waals surface area contributed by atoms with Crippen molar-refractivity contribution in [1.82, 2.24) is 4.72 Å². The van der Waals surface area contributed by atoms with Crippen LogP contribution in [0.3, 0.4) is 0 Å². The van der Waals surface area contributed by atoms with Gasteiger partial charge in [-0.15, -0.1) is 5.73 Å². The fourth-order valence-electron chi connectivity index (χ4n) is 3.15. The zero-order valence-corrected chi connectivity index (χ0v) is 20.2. The number of halogens is 1. The van der Waals surface area contributed by atoms with Crippen LogP contribution in [0.4, 0.5) is 0 Å². The van der Waals surface area contributed by atoms with Gasteiger partial charge in [0.15, 0.2) is 0 Å². The van der Waals surface area contributed by atoms with Crippen molar-refractivity contribution in [1.29, 1.82) is 0 Å². The lowest BCUT2D eigenvalue weighted by molar-refractivity contribution is -0.0353. The second kappa shape index (κ2) is 13.6. The Morgan fingerprint density at radius 3 is 1.94 bits per heavy atom. The molecule has 168 valence electrons. The third-order valence-electron chi connectivity index (χ3n) is 4.78. The van der Waals surface area contributed by atoms with Crippen molar-refractivity contribution in [3.05, 3.63) is 88.6 Å². The Morgan fingerprint density at radius 2 is 1.48 bits per heavy atom. The molecule has 1 N–H and O–H groups in total. The van der Waals surface area contributed by atoms with Crippen molar-refractivity contribution in [2.45, 2.75) is 26.1 Å². The summed E-state index contributed by atoms with van der Waals surface area (Å²) in [5.74, 6) is 0. The smallest absolute Gasteiger partial charge is 0.208 e. The molecule has 0 aliphatic rings. The third kappa shape index (κ3) is 10.9. The van der Waals surface area contributed by atoms with Crippen molar-refractivity contribution in [3.63, 3.8) is 0 Å². The van der Waals surface area contributed by atoms with Gasteiger partial charge in [-0.1, -0.05) is 76.6 Å². The number of benzene rings is 2. The van der Waals surface area contributed by atoms with Crippen LogP contribution in [0.5, 0.6) is 0 Å². The Hall–Kier alpha value is -1.73. The second-order valence-electron chi connectivity index (χ2n) is 7.56. The van der Waals surface area contributed by atoms with Crippen molar-refractivity contribution in [2.75, 3.05) is 26.0 Å². The van der Waals surface area contributed by atoms with E-state index in [-0.39, 0.29) is 0 Å². The molecule has 0 unspecified atom stereocenters. The average molecular weight is 508 g/mol. The van der Waals surface area contributed by atoms with Gasteiger partial charge in [-0.2, -0.15) is 0 Å². The summed E-state index contributed by atoms with van der Waals surface area (Å²) in [5.41, 5.74) is 4.82. The highest BCUT2D eigenvalue weighted by Crippen LogP contribution is 2.29.